The number of rotatable bonds is 62. The van der Waals surface area contributed by atoms with Crippen molar-refractivity contribution < 1.29 is 50.0 Å². The molecule has 1 heterocycles. The number of aliphatic hydroxyl groups is 7. The number of allylic oxidation sites excluding steroid dienone is 4. The summed E-state index contributed by atoms with van der Waals surface area (Å²) in [4.78, 5) is 13.2. The lowest BCUT2D eigenvalue weighted by Crippen LogP contribution is -2.60. The Morgan fingerprint density at radius 1 is 0.420 bits per heavy atom. The van der Waals surface area contributed by atoms with Crippen LogP contribution in [0.15, 0.2) is 24.3 Å². The maximum absolute atomic E-state index is 13.2. The van der Waals surface area contributed by atoms with Crippen LogP contribution in [0.25, 0.3) is 0 Å². The molecule has 9 atom stereocenters. The summed E-state index contributed by atoms with van der Waals surface area (Å²) in [6.45, 7) is 3.50. The first kappa shape index (κ1) is 77.6. The summed E-state index contributed by atoms with van der Waals surface area (Å²) in [5.74, 6) is -0.700. The van der Waals surface area contributed by atoms with E-state index in [1.165, 1.54) is 270 Å². The van der Waals surface area contributed by atoms with Crippen LogP contribution in [0.3, 0.4) is 0 Å². The summed E-state index contributed by atoms with van der Waals surface area (Å²) in [6, 6.07) is -1.18. The predicted octanol–water partition coefficient (Wildman–Crippen LogP) is 16.8. The fraction of sp³-hybridized carbons (Fsp3) is 0.929. The van der Waals surface area contributed by atoms with Crippen molar-refractivity contribution in [3.05, 3.63) is 24.3 Å². The molecule has 1 aliphatic rings. The number of hydrogen-bond acceptors (Lipinski definition) is 10. The van der Waals surface area contributed by atoms with Gasteiger partial charge in [0, 0.05) is 0 Å². The maximum Gasteiger partial charge on any atom is 0.249 e. The zero-order chi connectivity index (χ0) is 58.9. The molecule has 0 spiro atoms. The highest BCUT2D eigenvalue weighted by molar-refractivity contribution is 5.80. The van der Waals surface area contributed by atoms with Crippen LogP contribution in [0.1, 0.15) is 348 Å². The summed E-state index contributed by atoms with van der Waals surface area (Å²) in [6.07, 6.45) is 62.7. The van der Waals surface area contributed by atoms with Gasteiger partial charge in [0.25, 0.3) is 0 Å². The lowest BCUT2D eigenvalue weighted by molar-refractivity contribution is -0.303. The Morgan fingerprint density at radius 3 is 1.06 bits per heavy atom. The van der Waals surface area contributed by atoms with Gasteiger partial charge >= 0.3 is 0 Å². The van der Waals surface area contributed by atoms with Crippen molar-refractivity contribution in [2.24, 2.45) is 0 Å². The fourth-order valence-electron chi connectivity index (χ4n) is 11.6. The van der Waals surface area contributed by atoms with E-state index >= 15 is 0 Å². The number of amides is 1. The first-order valence-electron chi connectivity index (χ1n) is 35.2. The predicted molar refractivity (Wildman–Crippen MR) is 339 cm³/mol. The summed E-state index contributed by atoms with van der Waals surface area (Å²) in [5, 5.41) is 76.5. The van der Waals surface area contributed by atoms with Crippen LogP contribution in [0.5, 0.6) is 0 Å². The number of ether oxygens (including phenoxy) is 2. The van der Waals surface area contributed by atoms with Gasteiger partial charge in [-0.15, -0.1) is 0 Å². The highest BCUT2D eigenvalue weighted by Crippen LogP contribution is 2.24. The Bertz CT molecular complexity index is 1370. The third-order valence-electron chi connectivity index (χ3n) is 17.2. The van der Waals surface area contributed by atoms with Gasteiger partial charge in [-0.2, -0.15) is 0 Å². The number of carbonyl (C=O) groups is 1. The van der Waals surface area contributed by atoms with Crippen molar-refractivity contribution in [1.29, 1.82) is 0 Å². The highest BCUT2D eigenvalue weighted by Gasteiger charge is 2.44. The van der Waals surface area contributed by atoms with Crippen molar-refractivity contribution in [3.63, 3.8) is 0 Å². The van der Waals surface area contributed by atoms with Gasteiger partial charge in [0.1, 0.15) is 36.6 Å². The number of nitrogens with one attached hydrogen (secondary N) is 1. The number of hydrogen-bond donors (Lipinski definition) is 8. The SMILES string of the molecule is CCCCCCCCCCCCCC/C=C\CCCCCCCCCCCCCCCCCC(O)C(=O)NC(COC1OC(CO)C(O)C(O)C1O)C(O)C(O)CCC/C=C/CCCCCCCCCCCCCCCCCCCC. The van der Waals surface area contributed by atoms with Gasteiger partial charge in [-0.25, -0.2) is 0 Å². The molecular formula is C70H135NO10. The molecule has 9 unspecified atom stereocenters. The van der Waals surface area contributed by atoms with Crippen molar-refractivity contribution >= 4 is 5.91 Å². The van der Waals surface area contributed by atoms with Crippen molar-refractivity contribution in [1.82, 2.24) is 5.32 Å². The zero-order valence-corrected chi connectivity index (χ0v) is 53.0. The molecule has 11 nitrogen and oxygen atoms in total. The molecule has 480 valence electrons. The minimum atomic E-state index is -1.67. The van der Waals surface area contributed by atoms with E-state index in [-0.39, 0.29) is 12.8 Å². The van der Waals surface area contributed by atoms with Gasteiger partial charge in [0.2, 0.25) is 5.91 Å². The number of aliphatic hydroxyl groups excluding tert-OH is 7. The van der Waals surface area contributed by atoms with E-state index < -0.39 is 74.2 Å². The quantitative estimate of drug-likeness (QED) is 0.0215. The van der Waals surface area contributed by atoms with Crippen LogP contribution in [-0.4, -0.2) is 110 Å². The molecule has 0 radical (unpaired) electrons. The largest absolute Gasteiger partial charge is 0.394 e. The van der Waals surface area contributed by atoms with Crippen LogP contribution in [0.2, 0.25) is 0 Å². The molecule has 8 N–H and O–H groups in total. The molecule has 0 aliphatic carbocycles. The Labute approximate surface area is 499 Å². The first-order valence-corrected chi connectivity index (χ1v) is 35.2. The van der Waals surface area contributed by atoms with E-state index in [2.05, 4.69) is 43.5 Å². The Kier molecular flexibility index (Phi) is 56.5. The lowest BCUT2D eigenvalue weighted by atomic mass is 9.98. The Balaban J connectivity index is 2.20. The van der Waals surface area contributed by atoms with E-state index in [9.17, 15) is 40.5 Å². The average Bonchev–Trinajstić information content (AvgIpc) is 3.51. The monoisotopic (exact) mass is 1150 g/mol. The standard InChI is InChI=1S/C70H135NO10/c1-3-5-7-9-11-13-15-17-19-21-23-25-27-28-29-30-31-32-33-34-36-38-40-42-44-46-48-50-52-54-56-58-63(74)69(79)71-61(60-80-70-68(78)67(77)66(76)64(59-72)81-70)65(75)62(73)57-55-53-51-49-47-45-43-41-39-37-35-26-24-22-20-18-16-14-12-10-8-6-4-2/h28-29,49,51,61-68,70,72-78H,3-27,30-48,50,52-60H2,1-2H3,(H,71,79)/b29-28-,51-49+. The van der Waals surface area contributed by atoms with Gasteiger partial charge in [0.15, 0.2) is 6.29 Å². The molecule has 0 bridgehead atoms. The third-order valence-corrected chi connectivity index (χ3v) is 17.2. The van der Waals surface area contributed by atoms with Crippen LogP contribution in [0.4, 0.5) is 0 Å². The molecule has 1 saturated heterocycles. The molecule has 0 aromatic rings. The molecule has 0 aromatic carbocycles. The molecule has 1 rings (SSSR count). The minimum absolute atomic E-state index is 0.257. The smallest absolute Gasteiger partial charge is 0.249 e. The minimum Gasteiger partial charge on any atom is -0.394 e. The molecule has 1 amide bonds. The van der Waals surface area contributed by atoms with E-state index in [0.717, 1.165) is 38.5 Å². The van der Waals surface area contributed by atoms with E-state index in [4.69, 9.17) is 9.47 Å². The van der Waals surface area contributed by atoms with Gasteiger partial charge < -0.3 is 50.5 Å². The summed E-state index contributed by atoms with van der Waals surface area (Å²) in [7, 11) is 0. The Hall–Kier alpha value is -1.41. The van der Waals surface area contributed by atoms with Crippen LogP contribution >= 0.6 is 0 Å². The second-order valence-electron chi connectivity index (χ2n) is 25.0. The van der Waals surface area contributed by atoms with Crippen LogP contribution in [0, 0.1) is 0 Å². The molecule has 11 heteroatoms. The van der Waals surface area contributed by atoms with Crippen molar-refractivity contribution in [3.8, 4) is 0 Å². The van der Waals surface area contributed by atoms with Gasteiger partial charge in [-0.1, -0.05) is 308 Å². The number of unbranched alkanes of at least 4 members (excludes halogenated alkanes) is 46. The van der Waals surface area contributed by atoms with E-state index in [1.54, 1.807) is 0 Å². The number of carbonyl (C=O) groups excluding carboxylic acids is 1. The fourth-order valence-corrected chi connectivity index (χ4v) is 11.6. The van der Waals surface area contributed by atoms with Crippen molar-refractivity contribution in [2.45, 2.75) is 403 Å². The van der Waals surface area contributed by atoms with Crippen LogP contribution < -0.4 is 5.32 Å². The summed E-state index contributed by atoms with van der Waals surface area (Å²) in [5.41, 5.74) is 0. The summed E-state index contributed by atoms with van der Waals surface area (Å²) >= 11 is 0. The van der Waals surface area contributed by atoms with Crippen LogP contribution in [-0.2, 0) is 14.3 Å². The van der Waals surface area contributed by atoms with Crippen molar-refractivity contribution in [2.75, 3.05) is 13.2 Å². The van der Waals surface area contributed by atoms with E-state index in [1.807, 2.05) is 0 Å². The van der Waals surface area contributed by atoms with Gasteiger partial charge in [0.05, 0.1) is 25.4 Å². The molecule has 81 heavy (non-hydrogen) atoms. The first-order chi connectivity index (χ1) is 39.7. The second kappa shape index (κ2) is 58.9. The molecule has 0 saturated carbocycles. The molecule has 1 aliphatic heterocycles. The Morgan fingerprint density at radius 2 is 0.728 bits per heavy atom. The molecule has 1 fully saturated rings. The van der Waals surface area contributed by atoms with Gasteiger partial charge in [-0.05, 0) is 64.2 Å². The maximum atomic E-state index is 13.2. The zero-order valence-electron chi connectivity index (χ0n) is 53.0. The van der Waals surface area contributed by atoms with E-state index in [0.29, 0.717) is 12.8 Å². The molecular weight excluding hydrogens is 1010 g/mol. The summed E-state index contributed by atoms with van der Waals surface area (Å²) < 4.78 is 11.2. The topological polar surface area (TPSA) is 189 Å². The van der Waals surface area contributed by atoms with Gasteiger partial charge in [-0.3, -0.25) is 4.79 Å². The highest BCUT2D eigenvalue weighted by atomic mass is 16.7. The lowest BCUT2D eigenvalue weighted by Gasteiger charge is -2.40. The second-order valence-corrected chi connectivity index (χ2v) is 25.0. The molecule has 0 aromatic heterocycles. The average molecular weight is 1150 g/mol. The normalized spacial score (nSPS) is 19.2. The third kappa shape index (κ3) is 46.5.